The number of hydrogen-bond donors (Lipinski definition) is 2. The molecule has 0 radical (unpaired) electrons. The van der Waals surface area contributed by atoms with E-state index in [9.17, 15) is 0 Å². The average Bonchev–Trinajstić information content (AvgIpc) is 2.59. The zero-order valence-electron chi connectivity index (χ0n) is 13.5. The van der Waals surface area contributed by atoms with Gasteiger partial charge in [-0.25, -0.2) is 4.99 Å². The summed E-state index contributed by atoms with van der Waals surface area (Å²) in [6.07, 6.45) is 3.58. The van der Waals surface area contributed by atoms with Gasteiger partial charge in [0.1, 0.15) is 0 Å². The molecular formula is C16H26N4O2. The van der Waals surface area contributed by atoms with Crippen LogP contribution in [0.2, 0.25) is 0 Å². The summed E-state index contributed by atoms with van der Waals surface area (Å²) in [5, 5.41) is 6.64. The lowest BCUT2D eigenvalue weighted by Gasteiger charge is -2.36. The molecule has 2 heterocycles. The summed E-state index contributed by atoms with van der Waals surface area (Å²) in [7, 11) is 1.77. The third-order valence-corrected chi connectivity index (χ3v) is 3.88. The quantitative estimate of drug-likeness (QED) is 0.613. The minimum Gasteiger partial charge on any atom is -0.381 e. The second-order valence-corrected chi connectivity index (χ2v) is 5.37. The maximum Gasteiger partial charge on any atom is 0.191 e. The number of hydrogen-bond acceptors (Lipinski definition) is 4. The summed E-state index contributed by atoms with van der Waals surface area (Å²) >= 11 is 0. The van der Waals surface area contributed by atoms with Crippen molar-refractivity contribution in [2.45, 2.75) is 31.9 Å². The zero-order valence-corrected chi connectivity index (χ0v) is 13.5. The smallest absolute Gasteiger partial charge is 0.191 e. The van der Waals surface area contributed by atoms with E-state index in [1.54, 1.807) is 13.3 Å². The second-order valence-electron chi connectivity index (χ2n) is 5.37. The van der Waals surface area contributed by atoms with Crippen LogP contribution in [0.1, 0.15) is 25.5 Å². The molecule has 1 aromatic heterocycles. The Morgan fingerprint density at radius 2 is 2.18 bits per heavy atom. The summed E-state index contributed by atoms with van der Waals surface area (Å²) in [6.45, 7) is 5.64. The molecular weight excluding hydrogens is 280 g/mol. The SMILES string of the molecule is CCNC(=NCc1ccccn1)NCC1(OC)CCOCC1. The highest BCUT2D eigenvalue weighted by Crippen LogP contribution is 2.23. The lowest BCUT2D eigenvalue weighted by molar-refractivity contribution is -0.0855. The van der Waals surface area contributed by atoms with Gasteiger partial charge in [-0.1, -0.05) is 6.07 Å². The fraction of sp³-hybridized carbons (Fsp3) is 0.625. The summed E-state index contributed by atoms with van der Waals surface area (Å²) in [5.74, 6) is 0.788. The first-order valence-corrected chi connectivity index (χ1v) is 7.83. The number of nitrogens with one attached hydrogen (secondary N) is 2. The van der Waals surface area contributed by atoms with Crippen molar-refractivity contribution in [3.05, 3.63) is 30.1 Å². The van der Waals surface area contributed by atoms with Crippen LogP contribution >= 0.6 is 0 Å². The molecule has 0 spiro atoms. The van der Waals surface area contributed by atoms with Crippen molar-refractivity contribution in [1.29, 1.82) is 0 Å². The molecule has 1 fully saturated rings. The fourth-order valence-electron chi connectivity index (χ4n) is 2.43. The van der Waals surface area contributed by atoms with Gasteiger partial charge in [-0.05, 0) is 19.1 Å². The van der Waals surface area contributed by atoms with Gasteiger partial charge in [-0.3, -0.25) is 4.98 Å². The van der Waals surface area contributed by atoms with Crippen LogP contribution < -0.4 is 10.6 Å². The fourth-order valence-corrected chi connectivity index (χ4v) is 2.43. The van der Waals surface area contributed by atoms with Crippen LogP contribution in [0.25, 0.3) is 0 Å². The lowest BCUT2D eigenvalue weighted by atomic mass is 9.94. The third-order valence-electron chi connectivity index (χ3n) is 3.88. The van der Waals surface area contributed by atoms with Crippen molar-refractivity contribution >= 4 is 5.96 Å². The van der Waals surface area contributed by atoms with Gasteiger partial charge in [-0.2, -0.15) is 0 Å². The van der Waals surface area contributed by atoms with E-state index in [0.717, 1.165) is 50.8 Å². The Kier molecular flexibility index (Phi) is 6.61. The van der Waals surface area contributed by atoms with E-state index in [2.05, 4.69) is 27.5 Å². The monoisotopic (exact) mass is 306 g/mol. The van der Waals surface area contributed by atoms with Crippen molar-refractivity contribution in [3.63, 3.8) is 0 Å². The van der Waals surface area contributed by atoms with Crippen LogP contribution in [0.5, 0.6) is 0 Å². The Morgan fingerprint density at radius 3 is 2.82 bits per heavy atom. The van der Waals surface area contributed by atoms with Crippen molar-refractivity contribution in [2.75, 3.05) is 33.4 Å². The van der Waals surface area contributed by atoms with Crippen LogP contribution in [-0.4, -0.2) is 50.0 Å². The van der Waals surface area contributed by atoms with E-state index in [0.29, 0.717) is 6.54 Å². The molecule has 0 bridgehead atoms. The van der Waals surface area contributed by atoms with Crippen LogP contribution in [0.15, 0.2) is 29.4 Å². The molecule has 0 amide bonds. The molecule has 0 aromatic carbocycles. The number of ether oxygens (including phenoxy) is 2. The summed E-state index contributed by atoms with van der Waals surface area (Å²) in [4.78, 5) is 8.87. The number of aliphatic imine (C=N–C) groups is 1. The highest BCUT2D eigenvalue weighted by Gasteiger charge is 2.32. The van der Waals surface area contributed by atoms with Gasteiger partial charge in [0.05, 0.1) is 17.8 Å². The van der Waals surface area contributed by atoms with E-state index in [-0.39, 0.29) is 5.60 Å². The van der Waals surface area contributed by atoms with Crippen LogP contribution in [0.3, 0.4) is 0 Å². The van der Waals surface area contributed by atoms with Crippen molar-refractivity contribution in [3.8, 4) is 0 Å². The second kappa shape index (κ2) is 8.70. The Bertz CT molecular complexity index is 458. The van der Waals surface area contributed by atoms with Crippen molar-refractivity contribution in [2.24, 2.45) is 4.99 Å². The molecule has 1 aliphatic heterocycles. The lowest BCUT2D eigenvalue weighted by Crippen LogP contribution is -2.50. The molecule has 0 atom stereocenters. The predicted molar refractivity (Wildman–Crippen MR) is 86.8 cm³/mol. The average molecular weight is 306 g/mol. The third kappa shape index (κ3) is 4.96. The largest absolute Gasteiger partial charge is 0.381 e. The van der Waals surface area contributed by atoms with Gasteiger partial charge in [0, 0.05) is 52.5 Å². The van der Waals surface area contributed by atoms with Crippen molar-refractivity contribution in [1.82, 2.24) is 15.6 Å². The minimum atomic E-state index is -0.167. The Labute approximate surface area is 132 Å². The van der Waals surface area contributed by atoms with Gasteiger partial charge in [0.2, 0.25) is 0 Å². The molecule has 1 aromatic rings. The van der Waals surface area contributed by atoms with Gasteiger partial charge >= 0.3 is 0 Å². The molecule has 6 heteroatoms. The Balaban J connectivity index is 1.92. The first-order chi connectivity index (χ1) is 10.8. The van der Waals surface area contributed by atoms with Crippen LogP contribution in [0, 0.1) is 0 Å². The number of aromatic nitrogens is 1. The molecule has 2 rings (SSSR count). The molecule has 0 saturated carbocycles. The van der Waals surface area contributed by atoms with E-state index >= 15 is 0 Å². The van der Waals surface area contributed by atoms with E-state index in [4.69, 9.17) is 9.47 Å². The number of nitrogens with zero attached hydrogens (tertiary/aromatic N) is 2. The highest BCUT2D eigenvalue weighted by molar-refractivity contribution is 5.79. The Hall–Kier alpha value is -1.66. The molecule has 0 aliphatic carbocycles. The highest BCUT2D eigenvalue weighted by atomic mass is 16.5. The number of guanidine groups is 1. The summed E-state index contributed by atoms with van der Waals surface area (Å²) in [6, 6.07) is 5.85. The van der Waals surface area contributed by atoms with Crippen molar-refractivity contribution < 1.29 is 9.47 Å². The van der Waals surface area contributed by atoms with Crippen LogP contribution in [-0.2, 0) is 16.0 Å². The molecule has 2 N–H and O–H groups in total. The Morgan fingerprint density at radius 1 is 1.36 bits per heavy atom. The minimum absolute atomic E-state index is 0.167. The molecule has 6 nitrogen and oxygen atoms in total. The zero-order chi connectivity index (χ0) is 15.7. The number of methoxy groups -OCH3 is 1. The van der Waals surface area contributed by atoms with Gasteiger partial charge in [0.25, 0.3) is 0 Å². The van der Waals surface area contributed by atoms with E-state index in [1.165, 1.54) is 0 Å². The maximum atomic E-state index is 5.73. The molecule has 22 heavy (non-hydrogen) atoms. The number of pyridine rings is 1. The standard InChI is InChI=1S/C16H26N4O2/c1-3-17-15(19-12-14-6-4-5-9-18-14)20-13-16(21-2)7-10-22-11-8-16/h4-6,9H,3,7-8,10-13H2,1-2H3,(H2,17,19,20). The maximum absolute atomic E-state index is 5.73. The summed E-state index contributed by atoms with van der Waals surface area (Å²) in [5.41, 5.74) is 0.784. The number of rotatable bonds is 6. The first kappa shape index (κ1) is 16.7. The predicted octanol–water partition coefficient (Wildman–Crippen LogP) is 1.33. The molecule has 1 saturated heterocycles. The topological polar surface area (TPSA) is 67.8 Å². The van der Waals surface area contributed by atoms with E-state index < -0.39 is 0 Å². The van der Waals surface area contributed by atoms with Gasteiger partial charge in [-0.15, -0.1) is 0 Å². The van der Waals surface area contributed by atoms with E-state index in [1.807, 2.05) is 18.2 Å². The van der Waals surface area contributed by atoms with Gasteiger partial charge in [0.15, 0.2) is 5.96 Å². The molecule has 122 valence electrons. The van der Waals surface area contributed by atoms with Gasteiger partial charge < -0.3 is 20.1 Å². The molecule has 1 aliphatic rings. The molecule has 0 unspecified atom stereocenters. The first-order valence-electron chi connectivity index (χ1n) is 7.83. The van der Waals surface area contributed by atoms with Crippen LogP contribution in [0.4, 0.5) is 0 Å². The summed E-state index contributed by atoms with van der Waals surface area (Å²) < 4.78 is 11.2. The normalized spacial score (nSPS) is 18.0.